The van der Waals surface area contributed by atoms with Gasteiger partial charge in [0.2, 0.25) is 0 Å². The lowest BCUT2D eigenvalue weighted by Crippen LogP contribution is -2.05. The van der Waals surface area contributed by atoms with Gasteiger partial charge < -0.3 is 10.1 Å². The zero-order valence-corrected chi connectivity index (χ0v) is 19.3. The highest BCUT2D eigenvalue weighted by atomic mass is 79.9. The van der Waals surface area contributed by atoms with E-state index in [9.17, 15) is 4.79 Å². The van der Waals surface area contributed by atoms with Crippen molar-refractivity contribution in [2.45, 2.75) is 39.5 Å². The second kappa shape index (κ2) is 7.80. The molecule has 2 aromatic rings. The summed E-state index contributed by atoms with van der Waals surface area (Å²) in [5.41, 5.74) is 5.71. The van der Waals surface area contributed by atoms with Gasteiger partial charge in [0.05, 0.1) is 12.8 Å². The predicted molar refractivity (Wildman–Crippen MR) is 120 cm³/mol. The van der Waals surface area contributed by atoms with Crippen LogP contribution in [0.1, 0.15) is 61.8 Å². The molecule has 1 N–H and O–H groups in total. The first-order valence-electron chi connectivity index (χ1n) is 8.97. The number of carbonyl (C=O) groups excluding carboxylic acids is 1. The summed E-state index contributed by atoms with van der Waals surface area (Å²) < 4.78 is 7.51. The van der Waals surface area contributed by atoms with Crippen LogP contribution in [0.3, 0.4) is 0 Å². The molecule has 0 spiro atoms. The van der Waals surface area contributed by atoms with Gasteiger partial charge in [-0.05, 0) is 74.8 Å². The van der Waals surface area contributed by atoms with E-state index >= 15 is 0 Å². The molecule has 1 heterocycles. The van der Waals surface area contributed by atoms with Crippen molar-refractivity contribution in [2.75, 3.05) is 12.4 Å². The molecule has 0 unspecified atom stereocenters. The number of rotatable bonds is 4. The number of benzene rings is 2. The first kappa shape index (κ1) is 20.2. The second-order valence-corrected chi connectivity index (χ2v) is 9.13. The molecule has 1 amide bonds. The Morgan fingerprint density at radius 3 is 2.11 bits per heavy atom. The number of methoxy groups -OCH3 is 1. The summed E-state index contributed by atoms with van der Waals surface area (Å²) >= 11 is 7.05. The van der Waals surface area contributed by atoms with Crippen molar-refractivity contribution in [3.63, 3.8) is 0 Å². The number of halogens is 2. The molecular formula is C22H23Br2NO2. The first-order valence-corrected chi connectivity index (χ1v) is 10.6. The molecule has 5 heteroatoms. The summed E-state index contributed by atoms with van der Waals surface area (Å²) in [6.45, 7) is 8.63. The highest BCUT2D eigenvalue weighted by Gasteiger charge is 2.27. The van der Waals surface area contributed by atoms with Gasteiger partial charge in [-0.2, -0.15) is 0 Å². The van der Waals surface area contributed by atoms with Gasteiger partial charge in [0.1, 0.15) is 5.75 Å². The summed E-state index contributed by atoms with van der Waals surface area (Å²) in [5, 5.41) is 2.96. The average Bonchev–Trinajstić information content (AvgIpc) is 2.90. The van der Waals surface area contributed by atoms with Gasteiger partial charge in [-0.1, -0.05) is 43.6 Å². The van der Waals surface area contributed by atoms with E-state index in [1.54, 1.807) is 7.11 Å². The van der Waals surface area contributed by atoms with Gasteiger partial charge in [0, 0.05) is 20.1 Å². The standard InChI is InChI=1S/C22H23Br2NO2/c1-11(2)15-6-13(7-16(12(3)4)21(15)27-5)8-18-17-9-14(23)10-19(24)20(17)25-22(18)26/h6-12H,1-5H3,(H,25,26). The third kappa shape index (κ3) is 3.85. The maximum Gasteiger partial charge on any atom is 0.256 e. The molecule has 0 aromatic heterocycles. The molecule has 0 aliphatic carbocycles. The van der Waals surface area contributed by atoms with Crippen LogP contribution in [-0.2, 0) is 4.79 Å². The highest BCUT2D eigenvalue weighted by Crippen LogP contribution is 2.42. The fraction of sp³-hybridized carbons (Fsp3) is 0.318. The van der Waals surface area contributed by atoms with E-state index in [0.717, 1.165) is 42.6 Å². The minimum atomic E-state index is -0.0863. The van der Waals surface area contributed by atoms with Crippen molar-refractivity contribution >= 4 is 55.1 Å². The maximum atomic E-state index is 12.6. The van der Waals surface area contributed by atoms with E-state index in [2.05, 4.69) is 77.0 Å². The second-order valence-electron chi connectivity index (χ2n) is 7.36. The van der Waals surface area contributed by atoms with Crippen molar-refractivity contribution in [3.05, 3.63) is 55.5 Å². The van der Waals surface area contributed by atoms with Crippen molar-refractivity contribution < 1.29 is 9.53 Å². The van der Waals surface area contributed by atoms with Gasteiger partial charge in [-0.15, -0.1) is 0 Å². The quantitative estimate of drug-likeness (QED) is 0.468. The smallest absolute Gasteiger partial charge is 0.256 e. The molecular weight excluding hydrogens is 470 g/mol. The van der Waals surface area contributed by atoms with Crippen LogP contribution in [0.25, 0.3) is 11.6 Å². The van der Waals surface area contributed by atoms with Crippen molar-refractivity contribution in [2.24, 2.45) is 0 Å². The lowest BCUT2D eigenvalue weighted by atomic mass is 9.90. The first-order chi connectivity index (χ1) is 12.7. The lowest BCUT2D eigenvalue weighted by molar-refractivity contribution is -0.110. The molecule has 0 fully saturated rings. The Balaban J connectivity index is 2.20. The molecule has 0 saturated carbocycles. The number of fused-ring (bicyclic) bond motifs is 1. The van der Waals surface area contributed by atoms with Crippen LogP contribution >= 0.6 is 31.9 Å². The molecule has 1 aliphatic rings. The molecule has 0 atom stereocenters. The molecule has 3 nitrogen and oxygen atoms in total. The Bertz CT molecular complexity index is 917. The number of nitrogens with one attached hydrogen (secondary N) is 1. The zero-order chi connectivity index (χ0) is 19.9. The highest BCUT2D eigenvalue weighted by molar-refractivity contribution is 9.11. The summed E-state index contributed by atoms with van der Waals surface area (Å²) in [6, 6.07) is 8.16. The van der Waals surface area contributed by atoms with E-state index in [-0.39, 0.29) is 5.91 Å². The molecule has 27 heavy (non-hydrogen) atoms. The number of hydrogen-bond donors (Lipinski definition) is 1. The number of anilines is 1. The van der Waals surface area contributed by atoms with E-state index < -0.39 is 0 Å². The summed E-state index contributed by atoms with van der Waals surface area (Å²) in [5.74, 6) is 1.51. The number of hydrogen-bond acceptors (Lipinski definition) is 2. The Morgan fingerprint density at radius 2 is 1.59 bits per heavy atom. The normalized spacial score (nSPS) is 14.9. The van der Waals surface area contributed by atoms with Crippen LogP contribution < -0.4 is 10.1 Å². The molecule has 3 rings (SSSR count). The fourth-order valence-corrected chi connectivity index (χ4v) is 4.73. The van der Waals surface area contributed by atoms with Gasteiger partial charge in [0.15, 0.2) is 0 Å². The molecule has 1 aliphatic heterocycles. The molecule has 142 valence electrons. The SMILES string of the molecule is COc1c(C(C)C)cc(C=C2C(=O)Nc3c(Br)cc(Br)cc32)cc1C(C)C. The Morgan fingerprint density at radius 1 is 1.00 bits per heavy atom. The summed E-state index contributed by atoms with van der Waals surface area (Å²) in [4.78, 5) is 12.6. The minimum absolute atomic E-state index is 0.0863. The van der Waals surface area contributed by atoms with Crippen molar-refractivity contribution in [1.29, 1.82) is 0 Å². The van der Waals surface area contributed by atoms with Crippen LogP contribution in [0.15, 0.2) is 33.2 Å². The van der Waals surface area contributed by atoms with Crippen molar-refractivity contribution in [3.8, 4) is 5.75 Å². The third-order valence-electron chi connectivity index (χ3n) is 4.76. The lowest BCUT2D eigenvalue weighted by Gasteiger charge is -2.19. The van der Waals surface area contributed by atoms with Crippen LogP contribution in [0, 0.1) is 0 Å². The molecule has 0 bridgehead atoms. The van der Waals surface area contributed by atoms with E-state index in [1.165, 1.54) is 0 Å². The minimum Gasteiger partial charge on any atom is -0.496 e. The van der Waals surface area contributed by atoms with Crippen molar-refractivity contribution in [1.82, 2.24) is 0 Å². The largest absolute Gasteiger partial charge is 0.496 e. The van der Waals surface area contributed by atoms with E-state index in [4.69, 9.17) is 4.74 Å². The van der Waals surface area contributed by atoms with Crippen LogP contribution in [0.5, 0.6) is 5.75 Å². The topological polar surface area (TPSA) is 38.3 Å². The molecule has 2 aromatic carbocycles. The Labute approximate surface area is 177 Å². The third-order valence-corrected chi connectivity index (χ3v) is 5.84. The summed E-state index contributed by atoms with van der Waals surface area (Å²) in [7, 11) is 1.72. The summed E-state index contributed by atoms with van der Waals surface area (Å²) in [6.07, 6.45) is 1.97. The Hall–Kier alpha value is -1.59. The number of ether oxygens (including phenoxy) is 1. The monoisotopic (exact) mass is 491 g/mol. The maximum absolute atomic E-state index is 12.6. The van der Waals surface area contributed by atoms with Gasteiger partial charge in [-0.25, -0.2) is 0 Å². The van der Waals surface area contributed by atoms with Crippen LogP contribution in [0.4, 0.5) is 5.69 Å². The molecule has 0 radical (unpaired) electrons. The Kier molecular flexibility index (Phi) is 5.82. The number of carbonyl (C=O) groups is 1. The van der Waals surface area contributed by atoms with Crippen LogP contribution in [-0.4, -0.2) is 13.0 Å². The average molecular weight is 493 g/mol. The van der Waals surface area contributed by atoms with E-state index in [1.807, 2.05) is 18.2 Å². The number of amides is 1. The van der Waals surface area contributed by atoms with Gasteiger partial charge >= 0.3 is 0 Å². The molecule has 0 saturated heterocycles. The fourth-order valence-electron chi connectivity index (χ4n) is 3.40. The zero-order valence-electron chi connectivity index (χ0n) is 16.1. The van der Waals surface area contributed by atoms with E-state index in [0.29, 0.717) is 17.4 Å². The van der Waals surface area contributed by atoms with Gasteiger partial charge in [0.25, 0.3) is 5.91 Å². The van der Waals surface area contributed by atoms with Gasteiger partial charge in [-0.3, -0.25) is 4.79 Å². The predicted octanol–water partition coefficient (Wildman–Crippen LogP) is 6.96. The van der Waals surface area contributed by atoms with Crippen LogP contribution in [0.2, 0.25) is 0 Å².